The number of esters is 1. The number of fused-ring (bicyclic) bond motifs is 1. The lowest BCUT2D eigenvalue weighted by Crippen LogP contribution is -2.39. The third-order valence-electron chi connectivity index (χ3n) is 6.41. The van der Waals surface area contributed by atoms with Gasteiger partial charge in [0.25, 0.3) is 5.56 Å². The molecule has 0 bridgehead atoms. The number of hydrogen-bond donors (Lipinski definition) is 0. The maximum Gasteiger partial charge on any atom is 0.338 e. The highest BCUT2D eigenvalue weighted by Crippen LogP contribution is 2.36. The average Bonchev–Trinajstić information content (AvgIpc) is 3.23. The van der Waals surface area contributed by atoms with Crippen molar-refractivity contribution in [3.63, 3.8) is 0 Å². The van der Waals surface area contributed by atoms with Gasteiger partial charge in [0.2, 0.25) is 0 Å². The molecule has 0 aliphatic carbocycles. The lowest BCUT2D eigenvalue weighted by molar-refractivity contribution is -0.139. The Morgan fingerprint density at radius 2 is 1.76 bits per heavy atom. The van der Waals surface area contributed by atoms with Crippen LogP contribution >= 0.6 is 82.3 Å². The standard InChI is InChI=1S/C30H21Br3Cl2N2O4S/c1-3-40-29(39)25-15(2)36-30-37(26(25)17-4-7-19(31)8-5-17)28(38)24(42-30)12-16-10-21(32)27(22(33)11-16)41-14-18-6-9-20(34)13-23(18)35/h4-13,26H,3,14H2,1-2H3/b24-12-/t26-/m1/s1. The number of allylic oxidation sites excluding steroid dienone is 1. The van der Waals surface area contributed by atoms with E-state index in [9.17, 15) is 9.59 Å². The molecule has 216 valence electrons. The molecule has 3 aromatic carbocycles. The van der Waals surface area contributed by atoms with Gasteiger partial charge in [0.15, 0.2) is 4.80 Å². The number of aromatic nitrogens is 1. The minimum absolute atomic E-state index is 0.212. The summed E-state index contributed by atoms with van der Waals surface area (Å²) in [5, 5.41) is 1.07. The predicted octanol–water partition coefficient (Wildman–Crippen LogP) is 7.97. The monoisotopic (exact) mass is 812 g/mol. The molecule has 6 nitrogen and oxygen atoms in total. The van der Waals surface area contributed by atoms with Gasteiger partial charge in [-0.2, -0.15) is 0 Å². The van der Waals surface area contributed by atoms with Gasteiger partial charge in [-0.05, 0) is 99.3 Å². The van der Waals surface area contributed by atoms with Gasteiger partial charge in [0.05, 0.1) is 37.4 Å². The largest absolute Gasteiger partial charge is 0.486 e. The van der Waals surface area contributed by atoms with Crippen LogP contribution in [-0.2, 0) is 16.1 Å². The van der Waals surface area contributed by atoms with Crippen LogP contribution in [-0.4, -0.2) is 17.1 Å². The van der Waals surface area contributed by atoms with E-state index in [1.54, 1.807) is 36.6 Å². The summed E-state index contributed by atoms with van der Waals surface area (Å²) >= 11 is 24.2. The van der Waals surface area contributed by atoms with Crippen LogP contribution < -0.4 is 19.6 Å². The first-order valence-corrected chi connectivity index (χ1v) is 16.5. The Bertz CT molecular complexity index is 1900. The van der Waals surface area contributed by atoms with Gasteiger partial charge < -0.3 is 9.47 Å². The molecule has 0 N–H and O–H groups in total. The molecule has 0 radical (unpaired) electrons. The Balaban J connectivity index is 1.54. The fourth-order valence-corrected chi connectivity index (χ4v) is 7.72. The fourth-order valence-electron chi connectivity index (χ4n) is 4.49. The quantitative estimate of drug-likeness (QED) is 0.178. The van der Waals surface area contributed by atoms with Crippen molar-refractivity contribution in [2.24, 2.45) is 4.99 Å². The topological polar surface area (TPSA) is 69.9 Å². The van der Waals surface area contributed by atoms with Crippen molar-refractivity contribution in [1.82, 2.24) is 4.57 Å². The smallest absolute Gasteiger partial charge is 0.338 e. The van der Waals surface area contributed by atoms with E-state index in [0.29, 0.717) is 45.3 Å². The SMILES string of the molecule is CCOC(=O)C1=C(C)N=c2s/c(=C\c3cc(Br)c(OCc4ccc(Cl)cc4Cl)c(Br)c3)c(=O)n2[C@@H]1c1ccc(Br)cc1. The van der Waals surface area contributed by atoms with Gasteiger partial charge in [0, 0.05) is 20.1 Å². The van der Waals surface area contributed by atoms with Gasteiger partial charge >= 0.3 is 5.97 Å². The molecule has 0 amide bonds. The van der Waals surface area contributed by atoms with E-state index >= 15 is 0 Å². The van der Waals surface area contributed by atoms with Crippen LogP contribution in [0.5, 0.6) is 5.75 Å². The van der Waals surface area contributed by atoms with Crippen LogP contribution in [0.4, 0.5) is 0 Å². The maximum absolute atomic E-state index is 13.9. The van der Waals surface area contributed by atoms with Crippen molar-refractivity contribution in [3.05, 3.63) is 126 Å². The molecule has 1 aliphatic rings. The summed E-state index contributed by atoms with van der Waals surface area (Å²) in [5.74, 6) is 0.0915. The second kappa shape index (κ2) is 13.2. The molecule has 12 heteroatoms. The number of carbonyl (C=O) groups excluding carboxylic acids is 1. The normalized spacial score (nSPS) is 14.9. The number of ether oxygens (including phenoxy) is 2. The first-order valence-electron chi connectivity index (χ1n) is 12.6. The molecule has 42 heavy (non-hydrogen) atoms. The summed E-state index contributed by atoms with van der Waals surface area (Å²) in [5.41, 5.74) is 2.93. The number of thiazole rings is 1. The van der Waals surface area contributed by atoms with Crippen molar-refractivity contribution in [2.45, 2.75) is 26.5 Å². The van der Waals surface area contributed by atoms with E-state index in [1.807, 2.05) is 42.5 Å². The molecule has 0 saturated carbocycles. The molecule has 2 heterocycles. The Hall–Kier alpha value is -2.21. The van der Waals surface area contributed by atoms with Gasteiger partial charge in [-0.15, -0.1) is 0 Å². The first kappa shape index (κ1) is 31.2. The highest BCUT2D eigenvalue weighted by molar-refractivity contribution is 9.11. The zero-order valence-corrected chi connectivity index (χ0v) is 29.2. The summed E-state index contributed by atoms with van der Waals surface area (Å²) < 4.78 is 15.7. The zero-order valence-electron chi connectivity index (χ0n) is 22.1. The summed E-state index contributed by atoms with van der Waals surface area (Å²) in [6.07, 6.45) is 1.79. The minimum Gasteiger partial charge on any atom is -0.486 e. The average molecular weight is 816 g/mol. The lowest BCUT2D eigenvalue weighted by Gasteiger charge is -2.24. The summed E-state index contributed by atoms with van der Waals surface area (Å²) in [4.78, 5) is 32.1. The number of benzene rings is 3. The van der Waals surface area contributed by atoms with Gasteiger partial charge in [0.1, 0.15) is 12.4 Å². The van der Waals surface area contributed by atoms with Crippen LogP contribution in [0.15, 0.2) is 89.1 Å². The van der Waals surface area contributed by atoms with Crippen molar-refractivity contribution in [1.29, 1.82) is 0 Å². The minimum atomic E-state index is -0.676. The Morgan fingerprint density at radius 3 is 2.40 bits per heavy atom. The zero-order chi connectivity index (χ0) is 30.1. The Morgan fingerprint density at radius 1 is 1.07 bits per heavy atom. The van der Waals surface area contributed by atoms with E-state index in [2.05, 4.69) is 52.8 Å². The predicted molar refractivity (Wildman–Crippen MR) is 177 cm³/mol. The molecule has 0 unspecified atom stereocenters. The van der Waals surface area contributed by atoms with Gasteiger partial charge in [-0.1, -0.05) is 68.7 Å². The van der Waals surface area contributed by atoms with Crippen LogP contribution in [0.1, 0.15) is 36.6 Å². The number of nitrogens with zero attached hydrogens (tertiary/aromatic N) is 2. The number of halogens is 5. The summed E-state index contributed by atoms with van der Waals surface area (Å²) in [7, 11) is 0. The van der Waals surface area contributed by atoms with Crippen molar-refractivity contribution in [3.8, 4) is 5.75 Å². The van der Waals surface area contributed by atoms with E-state index in [-0.39, 0.29) is 18.8 Å². The summed E-state index contributed by atoms with van der Waals surface area (Å²) in [6.45, 7) is 3.96. The fraction of sp³-hybridized carbons (Fsp3) is 0.167. The second-order valence-corrected chi connectivity index (χ2v) is 13.7. The molecule has 5 rings (SSSR count). The van der Waals surface area contributed by atoms with Crippen molar-refractivity contribution in [2.75, 3.05) is 6.61 Å². The third-order valence-corrected chi connectivity index (χ3v) is 9.68. The molecular formula is C30H21Br3Cl2N2O4S. The molecule has 0 fully saturated rings. The van der Waals surface area contributed by atoms with E-state index in [1.165, 1.54) is 11.3 Å². The van der Waals surface area contributed by atoms with Crippen LogP contribution in [0.25, 0.3) is 6.08 Å². The van der Waals surface area contributed by atoms with Crippen molar-refractivity contribution >= 4 is 94.4 Å². The number of carbonyl (C=O) groups is 1. The highest BCUT2D eigenvalue weighted by atomic mass is 79.9. The first-order chi connectivity index (χ1) is 20.1. The molecule has 1 aromatic heterocycles. The Kier molecular flexibility index (Phi) is 9.81. The maximum atomic E-state index is 13.9. The molecule has 1 atom stereocenters. The lowest BCUT2D eigenvalue weighted by atomic mass is 9.96. The van der Waals surface area contributed by atoms with Crippen LogP contribution in [0.2, 0.25) is 10.0 Å². The Labute approximate surface area is 280 Å². The van der Waals surface area contributed by atoms with Gasteiger partial charge in [-0.3, -0.25) is 9.36 Å². The second-order valence-electron chi connectivity index (χ2n) is 9.19. The van der Waals surface area contributed by atoms with Gasteiger partial charge in [-0.25, -0.2) is 9.79 Å². The van der Waals surface area contributed by atoms with Crippen molar-refractivity contribution < 1.29 is 14.3 Å². The molecule has 4 aromatic rings. The molecule has 1 aliphatic heterocycles. The summed E-state index contributed by atoms with van der Waals surface area (Å²) in [6, 6.07) is 15.8. The molecule has 0 saturated heterocycles. The van der Waals surface area contributed by atoms with Crippen LogP contribution in [0, 0.1) is 0 Å². The highest BCUT2D eigenvalue weighted by Gasteiger charge is 2.33. The molecular weight excluding hydrogens is 795 g/mol. The van der Waals surface area contributed by atoms with E-state index in [4.69, 9.17) is 32.7 Å². The number of hydrogen-bond acceptors (Lipinski definition) is 6. The number of rotatable bonds is 7. The van der Waals surface area contributed by atoms with E-state index in [0.717, 1.165) is 21.2 Å². The van der Waals surface area contributed by atoms with Crippen LogP contribution in [0.3, 0.4) is 0 Å². The van der Waals surface area contributed by atoms with E-state index < -0.39 is 12.0 Å². The third kappa shape index (κ3) is 6.49. The molecule has 0 spiro atoms.